The minimum Gasteiger partial charge on any atom is -0.396 e. The molecule has 0 aliphatic carbocycles. The van der Waals surface area contributed by atoms with Gasteiger partial charge in [-0.1, -0.05) is 11.6 Å². The van der Waals surface area contributed by atoms with E-state index in [-0.39, 0.29) is 24.2 Å². The molecule has 100 valence electrons. The number of fused-ring (bicyclic) bond motifs is 1. The number of thiophene rings is 1. The van der Waals surface area contributed by atoms with Gasteiger partial charge in [0.1, 0.15) is 10.7 Å². The predicted octanol–water partition coefficient (Wildman–Crippen LogP) is 2.76. The van der Waals surface area contributed by atoms with Crippen LogP contribution in [0.1, 0.15) is 9.67 Å². The Balaban J connectivity index is 1.93. The molecule has 2 heterocycles. The number of aliphatic hydroxyl groups is 1. The molecule has 2 aromatic rings. The second kappa shape index (κ2) is 4.74. The first kappa shape index (κ1) is 12.8. The van der Waals surface area contributed by atoms with E-state index in [0.717, 1.165) is 0 Å². The molecule has 1 aliphatic heterocycles. The zero-order valence-electron chi connectivity index (χ0n) is 9.90. The van der Waals surface area contributed by atoms with Crippen LogP contribution in [0.5, 0.6) is 0 Å². The lowest BCUT2D eigenvalue weighted by Crippen LogP contribution is -2.51. The van der Waals surface area contributed by atoms with E-state index in [9.17, 15) is 9.18 Å². The van der Waals surface area contributed by atoms with Crippen LogP contribution in [0.15, 0.2) is 18.2 Å². The quantitative estimate of drug-likeness (QED) is 0.926. The van der Waals surface area contributed by atoms with E-state index >= 15 is 0 Å². The van der Waals surface area contributed by atoms with E-state index in [1.54, 1.807) is 11.0 Å². The molecule has 1 aliphatic rings. The van der Waals surface area contributed by atoms with Crippen molar-refractivity contribution >= 4 is 38.9 Å². The number of hydrogen-bond donors (Lipinski definition) is 1. The molecule has 0 bridgehead atoms. The largest absolute Gasteiger partial charge is 0.396 e. The first-order valence-electron chi connectivity index (χ1n) is 5.88. The zero-order chi connectivity index (χ0) is 13.6. The van der Waals surface area contributed by atoms with Gasteiger partial charge in [-0.05, 0) is 18.2 Å². The highest BCUT2D eigenvalue weighted by molar-refractivity contribution is 7.21. The molecular weight excluding hydrogens is 289 g/mol. The van der Waals surface area contributed by atoms with Crippen LogP contribution >= 0.6 is 22.9 Å². The van der Waals surface area contributed by atoms with Gasteiger partial charge < -0.3 is 10.0 Å². The van der Waals surface area contributed by atoms with Gasteiger partial charge in [0, 0.05) is 35.7 Å². The monoisotopic (exact) mass is 299 g/mol. The van der Waals surface area contributed by atoms with Crippen molar-refractivity contribution in [2.75, 3.05) is 19.7 Å². The molecule has 1 saturated heterocycles. The van der Waals surface area contributed by atoms with Gasteiger partial charge in [0.15, 0.2) is 0 Å². The van der Waals surface area contributed by atoms with Crippen LogP contribution in [-0.4, -0.2) is 35.6 Å². The number of amides is 1. The van der Waals surface area contributed by atoms with Crippen molar-refractivity contribution in [2.45, 2.75) is 0 Å². The van der Waals surface area contributed by atoms with Crippen molar-refractivity contribution in [1.82, 2.24) is 4.90 Å². The maximum atomic E-state index is 13.2. The first-order chi connectivity index (χ1) is 9.10. The molecule has 1 aromatic heterocycles. The lowest BCUT2D eigenvalue weighted by molar-refractivity contribution is 0.0366. The number of carbonyl (C=O) groups excluding carboxylic acids is 1. The SMILES string of the molecule is O=C(c1sc2cc(F)ccc2c1Cl)N1CC(CO)C1. The second-order valence-electron chi connectivity index (χ2n) is 4.64. The topological polar surface area (TPSA) is 40.5 Å². The molecule has 0 unspecified atom stereocenters. The molecular formula is C13H11ClFNO2S. The Bertz CT molecular complexity index is 651. The Morgan fingerprint density at radius 3 is 2.95 bits per heavy atom. The number of nitrogens with zero attached hydrogens (tertiary/aromatic N) is 1. The molecule has 0 spiro atoms. The van der Waals surface area contributed by atoms with Crippen molar-refractivity contribution in [1.29, 1.82) is 0 Å². The Labute approximate surface area is 118 Å². The van der Waals surface area contributed by atoms with E-state index in [1.165, 1.54) is 23.5 Å². The number of hydrogen-bond acceptors (Lipinski definition) is 3. The van der Waals surface area contributed by atoms with Crippen molar-refractivity contribution in [3.63, 3.8) is 0 Å². The fraction of sp³-hybridized carbons (Fsp3) is 0.308. The second-order valence-corrected chi connectivity index (χ2v) is 6.07. The van der Waals surface area contributed by atoms with Crippen molar-refractivity contribution in [3.05, 3.63) is 33.9 Å². The smallest absolute Gasteiger partial charge is 0.265 e. The summed E-state index contributed by atoms with van der Waals surface area (Å²) >= 11 is 7.40. The van der Waals surface area contributed by atoms with Crippen molar-refractivity contribution < 1.29 is 14.3 Å². The fourth-order valence-corrected chi connectivity index (χ4v) is 3.68. The molecule has 3 nitrogen and oxygen atoms in total. The number of rotatable bonds is 2. The highest BCUT2D eigenvalue weighted by Gasteiger charge is 2.32. The molecule has 1 N–H and O–H groups in total. The summed E-state index contributed by atoms with van der Waals surface area (Å²) in [4.78, 5) is 14.3. The van der Waals surface area contributed by atoms with Crippen LogP contribution in [0, 0.1) is 11.7 Å². The van der Waals surface area contributed by atoms with E-state index in [0.29, 0.717) is 33.1 Å². The maximum absolute atomic E-state index is 13.2. The summed E-state index contributed by atoms with van der Waals surface area (Å²) in [5.74, 6) is -0.320. The summed E-state index contributed by atoms with van der Waals surface area (Å²) < 4.78 is 13.8. The van der Waals surface area contributed by atoms with Gasteiger partial charge in [0.2, 0.25) is 0 Å². The molecule has 1 amide bonds. The van der Waals surface area contributed by atoms with Crippen molar-refractivity contribution in [2.24, 2.45) is 5.92 Å². The van der Waals surface area contributed by atoms with Gasteiger partial charge in [-0.15, -0.1) is 11.3 Å². The van der Waals surface area contributed by atoms with Gasteiger partial charge in [0.05, 0.1) is 5.02 Å². The van der Waals surface area contributed by atoms with Gasteiger partial charge in [-0.25, -0.2) is 4.39 Å². The number of benzene rings is 1. The predicted molar refractivity (Wildman–Crippen MR) is 73.3 cm³/mol. The highest BCUT2D eigenvalue weighted by Crippen LogP contribution is 2.37. The van der Waals surface area contributed by atoms with Gasteiger partial charge >= 0.3 is 0 Å². The number of likely N-dealkylation sites (tertiary alicyclic amines) is 1. The molecule has 0 radical (unpaired) electrons. The average molecular weight is 300 g/mol. The number of halogens is 2. The number of carbonyl (C=O) groups is 1. The van der Waals surface area contributed by atoms with E-state index in [1.807, 2.05) is 0 Å². The van der Waals surface area contributed by atoms with E-state index in [4.69, 9.17) is 16.7 Å². The molecule has 19 heavy (non-hydrogen) atoms. The summed E-state index contributed by atoms with van der Waals surface area (Å²) in [7, 11) is 0. The van der Waals surface area contributed by atoms with E-state index in [2.05, 4.69) is 0 Å². The molecule has 6 heteroatoms. The summed E-state index contributed by atoms with van der Waals surface area (Å²) in [6.07, 6.45) is 0. The summed E-state index contributed by atoms with van der Waals surface area (Å²) in [6.45, 7) is 1.19. The van der Waals surface area contributed by atoms with Gasteiger partial charge in [0.25, 0.3) is 5.91 Å². The first-order valence-corrected chi connectivity index (χ1v) is 7.07. The maximum Gasteiger partial charge on any atom is 0.265 e. The highest BCUT2D eigenvalue weighted by atomic mass is 35.5. The van der Waals surface area contributed by atoms with Crippen LogP contribution in [-0.2, 0) is 0 Å². The zero-order valence-corrected chi connectivity index (χ0v) is 11.5. The van der Waals surface area contributed by atoms with Crippen LogP contribution in [0.3, 0.4) is 0 Å². The van der Waals surface area contributed by atoms with E-state index < -0.39 is 0 Å². The normalized spacial score (nSPS) is 15.8. The van der Waals surface area contributed by atoms with Crippen LogP contribution in [0.4, 0.5) is 4.39 Å². The van der Waals surface area contributed by atoms with Crippen molar-refractivity contribution in [3.8, 4) is 0 Å². The lowest BCUT2D eigenvalue weighted by Gasteiger charge is -2.38. The minimum atomic E-state index is -0.339. The Hall–Kier alpha value is -1.17. The minimum absolute atomic E-state index is 0.0924. The molecule has 3 rings (SSSR count). The third-order valence-electron chi connectivity index (χ3n) is 3.29. The molecule has 0 atom stereocenters. The average Bonchev–Trinajstić information content (AvgIpc) is 2.64. The Kier molecular flexibility index (Phi) is 3.20. The van der Waals surface area contributed by atoms with Gasteiger partial charge in [-0.2, -0.15) is 0 Å². The molecule has 0 saturated carbocycles. The molecule has 1 fully saturated rings. The summed E-state index contributed by atoms with van der Waals surface area (Å²) in [5.41, 5.74) is 0. The summed E-state index contributed by atoms with van der Waals surface area (Å²) in [5, 5.41) is 10.0. The fourth-order valence-electron chi connectivity index (χ4n) is 2.17. The Morgan fingerprint density at radius 2 is 2.26 bits per heavy atom. The van der Waals surface area contributed by atoms with Crippen LogP contribution < -0.4 is 0 Å². The standard InChI is InChI=1S/C13H11ClFNO2S/c14-11-9-2-1-8(15)3-10(9)19-12(11)13(18)16-4-7(5-16)6-17/h1-3,7,17H,4-6H2. The van der Waals surface area contributed by atoms with Gasteiger partial charge in [-0.3, -0.25) is 4.79 Å². The molecule has 1 aromatic carbocycles. The third-order valence-corrected chi connectivity index (χ3v) is 4.93. The Morgan fingerprint density at radius 1 is 1.53 bits per heavy atom. The van der Waals surface area contributed by atoms with Crippen LogP contribution in [0.2, 0.25) is 5.02 Å². The number of aliphatic hydroxyl groups excluding tert-OH is 1. The third kappa shape index (κ3) is 2.12. The summed E-state index contributed by atoms with van der Waals surface area (Å²) in [6, 6.07) is 4.31. The van der Waals surface area contributed by atoms with Crippen LogP contribution in [0.25, 0.3) is 10.1 Å². The lowest BCUT2D eigenvalue weighted by atomic mass is 10.0.